The van der Waals surface area contributed by atoms with Crippen LogP contribution in [0, 0.1) is 0 Å². The number of likely N-dealkylation sites (tertiary alicyclic amines) is 1. The molecule has 0 radical (unpaired) electrons. The Balaban J connectivity index is 0.00000480. The summed E-state index contributed by atoms with van der Waals surface area (Å²) >= 11 is 0. The van der Waals surface area contributed by atoms with Gasteiger partial charge in [0.25, 0.3) is 0 Å². The standard InChI is InChI=1S/C21H37N5O3S.HI/c1-4-30(27,28)25-14-8-13-23-21(22-2)24-17-20(26-15-6-5-7-16-26)18-9-11-19(29-3)12-10-18;/h9-12,20,25H,4-8,13-17H2,1-3H3,(H2,22,23,24);1H. The van der Waals surface area contributed by atoms with E-state index in [2.05, 4.69) is 37.4 Å². The van der Waals surface area contributed by atoms with Gasteiger partial charge in [0.2, 0.25) is 10.0 Å². The van der Waals surface area contributed by atoms with Crippen molar-refractivity contribution in [2.45, 2.75) is 38.6 Å². The Morgan fingerprint density at radius 2 is 1.81 bits per heavy atom. The highest BCUT2D eigenvalue weighted by Gasteiger charge is 2.22. The van der Waals surface area contributed by atoms with Crippen LogP contribution in [0.15, 0.2) is 29.3 Å². The van der Waals surface area contributed by atoms with Gasteiger partial charge in [-0.2, -0.15) is 0 Å². The number of hydrogen-bond donors (Lipinski definition) is 3. The topological polar surface area (TPSA) is 95.1 Å². The summed E-state index contributed by atoms with van der Waals surface area (Å²) in [6, 6.07) is 8.55. The van der Waals surface area contributed by atoms with E-state index in [-0.39, 0.29) is 35.8 Å². The van der Waals surface area contributed by atoms with Crippen molar-refractivity contribution in [3.05, 3.63) is 29.8 Å². The first-order valence-corrected chi connectivity index (χ1v) is 12.4. The first kappa shape index (κ1) is 27.9. The van der Waals surface area contributed by atoms with Crippen molar-refractivity contribution in [3.63, 3.8) is 0 Å². The van der Waals surface area contributed by atoms with Crippen LogP contribution in [0.3, 0.4) is 0 Å². The van der Waals surface area contributed by atoms with Crippen molar-refractivity contribution in [3.8, 4) is 5.75 Å². The average Bonchev–Trinajstić information content (AvgIpc) is 2.78. The van der Waals surface area contributed by atoms with Crippen molar-refractivity contribution >= 4 is 40.0 Å². The lowest BCUT2D eigenvalue weighted by Gasteiger charge is -2.35. The quantitative estimate of drug-likeness (QED) is 0.165. The van der Waals surface area contributed by atoms with Gasteiger partial charge in [-0.3, -0.25) is 9.89 Å². The summed E-state index contributed by atoms with van der Waals surface area (Å²) in [5, 5.41) is 6.71. The number of guanidine groups is 1. The molecule has 1 fully saturated rings. The molecule has 1 unspecified atom stereocenters. The Bertz CT molecular complexity index is 753. The summed E-state index contributed by atoms with van der Waals surface area (Å²) in [7, 11) is 0.297. The van der Waals surface area contributed by atoms with E-state index in [1.165, 1.54) is 24.8 Å². The van der Waals surface area contributed by atoms with Gasteiger partial charge >= 0.3 is 0 Å². The van der Waals surface area contributed by atoms with E-state index in [1.807, 2.05) is 12.1 Å². The van der Waals surface area contributed by atoms with Crippen LogP contribution in [0.25, 0.3) is 0 Å². The first-order valence-electron chi connectivity index (χ1n) is 10.8. The normalized spacial score (nSPS) is 16.3. The molecular formula is C21H38IN5O3S. The summed E-state index contributed by atoms with van der Waals surface area (Å²) in [5.74, 6) is 1.69. The summed E-state index contributed by atoms with van der Waals surface area (Å²) < 4.78 is 30.8. The second kappa shape index (κ2) is 14.9. The number of benzene rings is 1. The van der Waals surface area contributed by atoms with E-state index in [0.29, 0.717) is 19.5 Å². The van der Waals surface area contributed by atoms with Crippen molar-refractivity contribution in [1.29, 1.82) is 0 Å². The molecule has 0 bridgehead atoms. The maximum Gasteiger partial charge on any atom is 0.211 e. The van der Waals surface area contributed by atoms with Gasteiger partial charge in [0.05, 0.1) is 18.9 Å². The van der Waals surface area contributed by atoms with E-state index in [4.69, 9.17) is 4.74 Å². The van der Waals surface area contributed by atoms with Crippen LogP contribution >= 0.6 is 24.0 Å². The fourth-order valence-electron chi connectivity index (χ4n) is 3.55. The monoisotopic (exact) mass is 567 g/mol. The van der Waals surface area contributed by atoms with Crippen molar-refractivity contribution < 1.29 is 13.2 Å². The molecule has 1 aromatic rings. The maximum absolute atomic E-state index is 11.5. The van der Waals surface area contributed by atoms with Crippen molar-refractivity contribution in [1.82, 2.24) is 20.3 Å². The smallest absolute Gasteiger partial charge is 0.211 e. The van der Waals surface area contributed by atoms with Gasteiger partial charge in [-0.15, -0.1) is 24.0 Å². The van der Waals surface area contributed by atoms with Crippen LogP contribution in [-0.2, 0) is 10.0 Å². The number of sulfonamides is 1. The molecule has 3 N–H and O–H groups in total. The number of aliphatic imine (C=N–C) groups is 1. The summed E-state index contributed by atoms with van der Waals surface area (Å²) in [6.45, 7) is 5.64. The summed E-state index contributed by atoms with van der Waals surface area (Å²) in [5.41, 5.74) is 1.26. The number of ether oxygens (including phenoxy) is 1. The Hall–Kier alpha value is -1.11. The molecule has 0 aliphatic carbocycles. The zero-order valence-corrected chi connectivity index (χ0v) is 22.0. The number of methoxy groups -OCH3 is 1. The fraction of sp³-hybridized carbons (Fsp3) is 0.667. The third kappa shape index (κ3) is 9.92. The van der Waals surface area contributed by atoms with Crippen LogP contribution < -0.4 is 20.1 Å². The zero-order valence-electron chi connectivity index (χ0n) is 18.9. The highest BCUT2D eigenvalue weighted by molar-refractivity contribution is 14.0. The minimum Gasteiger partial charge on any atom is -0.497 e. The average molecular weight is 568 g/mol. The fourth-order valence-corrected chi connectivity index (χ4v) is 4.21. The molecular weight excluding hydrogens is 529 g/mol. The maximum atomic E-state index is 11.5. The van der Waals surface area contributed by atoms with Crippen LogP contribution in [0.1, 0.15) is 44.2 Å². The summed E-state index contributed by atoms with van der Waals surface area (Å²) in [4.78, 5) is 6.84. The van der Waals surface area contributed by atoms with Gasteiger partial charge in [0.1, 0.15) is 5.75 Å². The third-order valence-corrected chi connectivity index (χ3v) is 6.77. The molecule has 0 saturated carbocycles. The van der Waals surface area contributed by atoms with Gasteiger partial charge in [0.15, 0.2) is 5.96 Å². The lowest BCUT2D eigenvalue weighted by Crippen LogP contribution is -2.45. The Morgan fingerprint density at radius 3 is 2.39 bits per heavy atom. The van der Waals surface area contributed by atoms with E-state index < -0.39 is 10.0 Å². The van der Waals surface area contributed by atoms with Crippen LogP contribution in [-0.4, -0.2) is 71.9 Å². The molecule has 1 aromatic carbocycles. The van der Waals surface area contributed by atoms with Gasteiger partial charge < -0.3 is 15.4 Å². The van der Waals surface area contributed by atoms with E-state index in [0.717, 1.165) is 31.3 Å². The van der Waals surface area contributed by atoms with Crippen molar-refractivity contribution in [2.24, 2.45) is 4.99 Å². The predicted octanol–water partition coefficient (Wildman–Crippen LogP) is 2.33. The number of piperidine rings is 1. The molecule has 0 aromatic heterocycles. The minimum atomic E-state index is -3.13. The van der Waals surface area contributed by atoms with Crippen LogP contribution in [0.5, 0.6) is 5.75 Å². The Labute approximate surface area is 204 Å². The minimum absolute atomic E-state index is 0. The van der Waals surface area contributed by atoms with Crippen LogP contribution in [0.2, 0.25) is 0 Å². The number of hydrogen-bond acceptors (Lipinski definition) is 5. The third-order valence-electron chi connectivity index (χ3n) is 5.37. The largest absolute Gasteiger partial charge is 0.497 e. The van der Waals surface area contributed by atoms with E-state index in [9.17, 15) is 8.42 Å². The molecule has 1 saturated heterocycles. The molecule has 1 atom stereocenters. The Morgan fingerprint density at radius 1 is 1.13 bits per heavy atom. The number of halogens is 1. The molecule has 0 amide bonds. The molecule has 8 nitrogen and oxygen atoms in total. The first-order chi connectivity index (χ1) is 14.5. The molecule has 178 valence electrons. The molecule has 1 heterocycles. The van der Waals surface area contributed by atoms with Crippen LogP contribution in [0.4, 0.5) is 0 Å². The molecule has 0 spiro atoms. The molecule has 1 aliphatic heterocycles. The Kier molecular flexibility index (Phi) is 13.4. The SMILES string of the molecule is CCS(=O)(=O)NCCCNC(=NC)NCC(c1ccc(OC)cc1)N1CCCCC1.I. The van der Waals surface area contributed by atoms with Gasteiger partial charge in [0, 0.05) is 26.7 Å². The number of nitrogens with zero attached hydrogens (tertiary/aromatic N) is 2. The van der Waals surface area contributed by atoms with Gasteiger partial charge in [-0.1, -0.05) is 18.6 Å². The summed E-state index contributed by atoms with van der Waals surface area (Å²) in [6.07, 6.45) is 4.44. The second-order valence-electron chi connectivity index (χ2n) is 7.42. The molecule has 10 heteroatoms. The lowest BCUT2D eigenvalue weighted by molar-refractivity contribution is 0.164. The molecule has 31 heavy (non-hydrogen) atoms. The van der Waals surface area contributed by atoms with E-state index >= 15 is 0 Å². The van der Waals surface area contributed by atoms with Gasteiger partial charge in [-0.05, 0) is 57.0 Å². The second-order valence-corrected chi connectivity index (χ2v) is 9.51. The van der Waals surface area contributed by atoms with Gasteiger partial charge in [-0.25, -0.2) is 13.1 Å². The number of rotatable bonds is 11. The van der Waals surface area contributed by atoms with Crippen molar-refractivity contribution in [2.75, 3.05) is 52.6 Å². The molecule has 1 aliphatic rings. The molecule has 2 rings (SSSR count). The highest BCUT2D eigenvalue weighted by Crippen LogP contribution is 2.25. The number of nitrogens with one attached hydrogen (secondary N) is 3. The predicted molar refractivity (Wildman–Crippen MR) is 138 cm³/mol. The van der Waals surface area contributed by atoms with E-state index in [1.54, 1.807) is 21.1 Å². The zero-order chi connectivity index (χ0) is 21.8. The highest BCUT2D eigenvalue weighted by atomic mass is 127. The lowest BCUT2D eigenvalue weighted by atomic mass is 10.0.